The van der Waals surface area contributed by atoms with Crippen LogP contribution in [0.1, 0.15) is 5.56 Å². The minimum absolute atomic E-state index is 0.497. The molecule has 1 heterocycles. The molecule has 0 amide bonds. The van der Waals surface area contributed by atoms with E-state index in [0.29, 0.717) is 27.3 Å². The van der Waals surface area contributed by atoms with Gasteiger partial charge in [-0.2, -0.15) is 5.10 Å². The predicted octanol–water partition coefficient (Wildman–Crippen LogP) is 6.05. The Morgan fingerprint density at radius 1 is 0.852 bits per heavy atom. The highest BCUT2D eigenvalue weighted by Crippen LogP contribution is 2.31. The third-order valence-corrected chi connectivity index (χ3v) is 4.51. The van der Waals surface area contributed by atoms with Crippen LogP contribution >= 0.6 is 23.2 Å². The molecule has 0 aliphatic heterocycles. The van der Waals surface area contributed by atoms with Crippen molar-refractivity contribution in [2.24, 2.45) is 5.10 Å². The molecule has 0 aliphatic carbocycles. The fraction of sp³-hybridized carbons (Fsp3) is 0. The molecule has 132 valence electrons. The number of para-hydroxylation sites is 1. The normalized spacial score (nSPS) is 11.2. The van der Waals surface area contributed by atoms with Crippen molar-refractivity contribution in [2.75, 3.05) is 5.43 Å². The maximum absolute atomic E-state index is 6.34. The largest absolute Gasteiger partial charge is 0.261 e. The smallest absolute Gasteiger partial charge is 0.163 e. The first-order valence-electron chi connectivity index (χ1n) is 8.27. The number of benzene rings is 3. The van der Waals surface area contributed by atoms with E-state index in [9.17, 15) is 0 Å². The van der Waals surface area contributed by atoms with Gasteiger partial charge >= 0.3 is 0 Å². The SMILES string of the molecule is Clc1ccc(-c2nc(NN=Cc3ccccc3)c3ccccc3n2)c(Cl)c1. The lowest BCUT2D eigenvalue weighted by molar-refractivity contribution is 1.19. The van der Waals surface area contributed by atoms with Gasteiger partial charge < -0.3 is 0 Å². The van der Waals surface area contributed by atoms with Crippen molar-refractivity contribution in [3.05, 3.63) is 88.4 Å². The zero-order valence-electron chi connectivity index (χ0n) is 14.1. The van der Waals surface area contributed by atoms with Crippen molar-refractivity contribution in [2.45, 2.75) is 0 Å². The first-order valence-corrected chi connectivity index (χ1v) is 9.02. The highest BCUT2D eigenvalue weighted by Gasteiger charge is 2.12. The number of rotatable bonds is 4. The molecule has 1 aromatic heterocycles. The van der Waals surface area contributed by atoms with Crippen LogP contribution in [-0.2, 0) is 0 Å². The lowest BCUT2D eigenvalue weighted by atomic mass is 10.2. The van der Waals surface area contributed by atoms with E-state index in [1.54, 1.807) is 18.3 Å². The van der Waals surface area contributed by atoms with Crippen molar-refractivity contribution >= 4 is 46.1 Å². The minimum Gasteiger partial charge on any atom is -0.261 e. The summed E-state index contributed by atoms with van der Waals surface area (Å²) in [5.41, 5.74) is 5.52. The molecule has 0 aliphatic rings. The van der Waals surface area contributed by atoms with E-state index in [2.05, 4.69) is 20.5 Å². The van der Waals surface area contributed by atoms with E-state index in [4.69, 9.17) is 23.2 Å². The van der Waals surface area contributed by atoms with Crippen molar-refractivity contribution in [3.63, 3.8) is 0 Å². The van der Waals surface area contributed by atoms with Crippen LogP contribution in [0.5, 0.6) is 0 Å². The highest BCUT2D eigenvalue weighted by molar-refractivity contribution is 6.36. The van der Waals surface area contributed by atoms with E-state index in [-0.39, 0.29) is 0 Å². The number of hydrogen-bond donors (Lipinski definition) is 1. The summed E-state index contributed by atoms with van der Waals surface area (Å²) in [5.74, 6) is 1.11. The Morgan fingerprint density at radius 2 is 1.63 bits per heavy atom. The molecule has 0 spiro atoms. The monoisotopic (exact) mass is 392 g/mol. The zero-order chi connectivity index (χ0) is 18.6. The number of nitrogens with zero attached hydrogens (tertiary/aromatic N) is 3. The quantitative estimate of drug-likeness (QED) is 0.339. The molecule has 0 fully saturated rings. The second kappa shape index (κ2) is 7.74. The van der Waals surface area contributed by atoms with Crippen molar-refractivity contribution in [1.29, 1.82) is 0 Å². The first-order chi connectivity index (χ1) is 13.2. The van der Waals surface area contributed by atoms with Gasteiger partial charge in [0.25, 0.3) is 0 Å². The summed E-state index contributed by atoms with van der Waals surface area (Å²) in [6.07, 6.45) is 1.74. The lowest BCUT2D eigenvalue weighted by Crippen LogP contribution is -1.99. The van der Waals surface area contributed by atoms with Gasteiger partial charge in [0, 0.05) is 16.0 Å². The number of hydrazone groups is 1. The van der Waals surface area contributed by atoms with Crippen LogP contribution in [0.25, 0.3) is 22.3 Å². The molecule has 0 atom stereocenters. The van der Waals surface area contributed by atoms with E-state index < -0.39 is 0 Å². The molecule has 0 bridgehead atoms. The van der Waals surface area contributed by atoms with Gasteiger partial charge in [0.15, 0.2) is 11.6 Å². The van der Waals surface area contributed by atoms with Crippen molar-refractivity contribution in [3.8, 4) is 11.4 Å². The average Bonchev–Trinajstić information content (AvgIpc) is 2.68. The molecule has 0 radical (unpaired) electrons. The summed E-state index contributed by atoms with van der Waals surface area (Å²) < 4.78 is 0. The second-order valence-corrected chi connectivity index (χ2v) is 6.66. The van der Waals surface area contributed by atoms with E-state index in [1.165, 1.54) is 0 Å². The summed E-state index contributed by atoms with van der Waals surface area (Å²) in [6, 6.07) is 22.8. The summed E-state index contributed by atoms with van der Waals surface area (Å²) in [5, 5.41) is 6.25. The molecule has 27 heavy (non-hydrogen) atoms. The Morgan fingerprint density at radius 3 is 2.44 bits per heavy atom. The van der Waals surface area contributed by atoms with Crippen LogP contribution in [0.4, 0.5) is 5.82 Å². The van der Waals surface area contributed by atoms with E-state index in [0.717, 1.165) is 16.5 Å². The van der Waals surface area contributed by atoms with Gasteiger partial charge in [-0.05, 0) is 35.9 Å². The molecule has 0 saturated carbocycles. The molecule has 6 heteroatoms. The number of aromatic nitrogens is 2. The third-order valence-electron chi connectivity index (χ3n) is 3.96. The van der Waals surface area contributed by atoms with Gasteiger partial charge in [-0.1, -0.05) is 65.7 Å². The predicted molar refractivity (Wildman–Crippen MR) is 113 cm³/mol. The van der Waals surface area contributed by atoms with Crippen LogP contribution in [0.15, 0.2) is 77.9 Å². The van der Waals surface area contributed by atoms with E-state index in [1.807, 2.05) is 60.7 Å². The van der Waals surface area contributed by atoms with Crippen LogP contribution < -0.4 is 5.43 Å². The van der Waals surface area contributed by atoms with Gasteiger partial charge in [-0.15, -0.1) is 0 Å². The highest BCUT2D eigenvalue weighted by atomic mass is 35.5. The van der Waals surface area contributed by atoms with Gasteiger partial charge in [0.2, 0.25) is 0 Å². The number of hydrogen-bond acceptors (Lipinski definition) is 4. The Balaban J connectivity index is 1.76. The fourth-order valence-corrected chi connectivity index (χ4v) is 3.15. The zero-order valence-corrected chi connectivity index (χ0v) is 15.6. The topological polar surface area (TPSA) is 50.2 Å². The van der Waals surface area contributed by atoms with Gasteiger partial charge in [0.1, 0.15) is 0 Å². The van der Waals surface area contributed by atoms with Crippen LogP contribution in [0.3, 0.4) is 0 Å². The van der Waals surface area contributed by atoms with Crippen LogP contribution in [0.2, 0.25) is 10.0 Å². The van der Waals surface area contributed by atoms with Crippen LogP contribution in [0, 0.1) is 0 Å². The summed E-state index contributed by atoms with van der Waals surface area (Å²) in [7, 11) is 0. The minimum atomic E-state index is 0.497. The Hall–Kier alpha value is -2.95. The van der Waals surface area contributed by atoms with Gasteiger partial charge in [-0.3, -0.25) is 5.43 Å². The fourth-order valence-electron chi connectivity index (χ4n) is 2.66. The molecule has 3 aromatic carbocycles. The molecule has 4 rings (SSSR count). The average molecular weight is 393 g/mol. The van der Waals surface area contributed by atoms with E-state index >= 15 is 0 Å². The molecule has 0 unspecified atom stereocenters. The molecule has 0 saturated heterocycles. The number of anilines is 1. The Bertz CT molecular complexity index is 1130. The second-order valence-electron chi connectivity index (χ2n) is 5.82. The van der Waals surface area contributed by atoms with Crippen LogP contribution in [-0.4, -0.2) is 16.2 Å². The molecule has 4 aromatic rings. The van der Waals surface area contributed by atoms with Gasteiger partial charge in [-0.25, -0.2) is 9.97 Å². The number of nitrogens with one attached hydrogen (secondary N) is 1. The van der Waals surface area contributed by atoms with Crippen molar-refractivity contribution in [1.82, 2.24) is 9.97 Å². The summed E-state index contributed by atoms with van der Waals surface area (Å²) in [4.78, 5) is 9.26. The summed E-state index contributed by atoms with van der Waals surface area (Å²) >= 11 is 12.3. The standard InChI is InChI=1S/C21H14Cl2N4/c22-15-10-11-16(18(23)12-15)20-25-19-9-5-4-8-17(19)21(26-20)27-24-13-14-6-2-1-3-7-14/h1-13H,(H,25,26,27). The first kappa shape index (κ1) is 17.5. The molecule has 1 N–H and O–H groups in total. The molecule has 4 nitrogen and oxygen atoms in total. The Kier molecular flexibility index (Phi) is 5.01. The number of fused-ring (bicyclic) bond motifs is 1. The van der Waals surface area contributed by atoms with Crippen molar-refractivity contribution < 1.29 is 0 Å². The third kappa shape index (κ3) is 3.92. The molecular formula is C21H14Cl2N4. The maximum Gasteiger partial charge on any atom is 0.163 e. The summed E-state index contributed by atoms with van der Waals surface area (Å²) in [6.45, 7) is 0. The lowest BCUT2D eigenvalue weighted by Gasteiger charge is -2.09. The Labute approximate surface area is 166 Å². The molecular weight excluding hydrogens is 379 g/mol. The maximum atomic E-state index is 6.34. The van der Waals surface area contributed by atoms with Gasteiger partial charge in [0.05, 0.1) is 16.8 Å². The number of halogens is 2.